The van der Waals surface area contributed by atoms with Crippen molar-refractivity contribution in [2.75, 3.05) is 40.5 Å². The molecule has 0 spiro atoms. The minimum absolute atomic E-state index is 0. The third-order valence-electron chi connectivity index (χ3n) is 6.03. The summed E-state index contributed by atoms with van der Waals surface area (Å²) in [5, 5.41) is 28.6. The van der Waals surface area contributed by atoms with E-state index in [1.54, 1.807) is 41.5 Å². The summed E-state index contributed by atoms with van der Waals surface area (Å²) in [5.41, 5.74) is 3.77. The molecule has 0 aromatic heterocycles. The molecule has 18 heteroatoms. The second-order valence-electron chi connectivity index (χ2n) is 12.1. The summed E-state index contributed by atoms with van der Waals surface area (Å²) in [6.07, 6.45) is 1.27. The number of carboxylic acid groups (broad SMARTS) is 1. The van der Waals surface area contributed by atoms with Crippen LogP contribution in [0.15, 0.2) is 0 Å². The van der Waals surface area contributed by atoms with E-state index < -0.39 is 78.0 Å². The summed E-state index contributed by atoms with van der Waals surface area (Å²) in [4.78, 5) is 71.0. The lowest BCUT2D eigenvalue weighted by Gasteiger charge is -2.28. The Bertz CT molecular complexity index is 1020. The minimum Gasteiger partial charge on any atom is -0.480 e. The molecular weight excluding hydrogens is 636 g/mol. The van der Waals surface area contributed by atoms with E-state index in [9.17, 15) is 28.8 Å². The normalized spacial score (nSPS) is 18.6. The van der Waals surface area contributed by atoms with Crippen LogP contribution in [-0.2, 0) is 38.1 Å². The molecule has 2 saturated heterocycles. The fourth-order valence-electron chi connectivity index (χ4n) is 3.96. The first kappa shape index (κ1) is 44.7. The molecule has 268 valence electrons. The van der Waals surface area contributed by atoms with Gasteiger partial charge in [-0.25, -0.2) is 19.2 Å². The second-order valence-corrected chi connectivity index (χ2v) is 12.1. The van der Waals surface area contributed by atoms with Gasteiger partial charge in [-0.2, -0.15) is 0 Å². The van der Waals surface area contributed by atoms with Crippen LogP contribution in [0.4, 0.5) is 9.59 Å². The van der Waals surface area contributed by atoms with Crippen LogP contribution in [0.1, 0.15) is 67.2 Å². The third-order valence-corrected chi connectivity index (χ3v) is 6.03. The van der Waals surface area contributed by atoms with Crippen molar-refractivity contribution in [3.63, 3.8) is 0 Å². The molecule has 46 heavy (non-hydrogen) atoms. The number of carbonyl (C=O) groups is 6. The van der Waals surface area contributed by atoms with Gasteiger partial charge in [0.05, 0.1) is 27.4 Å². The molecule has 0 radical (unpaired) electrons. The number of aliphatic hydroxyl groups excluding tert-OH is 2. The molecule has 0 aliphatic carbocycles. The highest BCUT2D eigenvalue weighted by Crippen LogP contribution is 2.22. The maximum atomic E-state index is 12.2. The van der Waals surface area contributed by atoms with Gasteiger partial charge in [0.15, 0.2) is 6.04 Å². The highest BCUT2D eigenvalue weighted by molar-refractivity contribution is 5.90. The highest BCUT2D eigenvalue weighted by Gasteiger charge is 2.38. The van der Waals surface area contributed by atoms with Gasteiger partial charge >= 0.3 is 30.1 Å². The van der Waals surface area contributed by atoms with Crippen LogP contribution < -0.4 is 11.1 Å². The quantitative estimate of drug-likeness (QED) is 0.180. The number of halogens is 1. The van der Waals surface area contributed by atoms with Crippen molar-refractivity contribution < 1.29 is 63.0 Å². The van der Waals surface area contributed by atoms with E-state index in [1.165, 1.54) is 24.0 Å². The lowest BCUT2D eigenvalue weighted by molar-refractivity contribution is -0.146. The van der Waals surface area contributed by atoms with Crippen LogP contribution >= 0.6 is 12.4 Å². The first-order valence-electron chi connectivity index (χ1n) is 14.4. The molecule has 2 fully saturated rings. The number of ether oxygens (including phenoxy) is 4. The monoisotopic (exact) mass is 686 g/mol. The van der Waals surface area contributed by atoms with E-state index >= 15 is 0 Å². The molecule has 0 bridgehead atoms. The predicted octanol–water partition coefficient (Wildman–Crippen LogP) is 0.407. The van der Waals surface area contributed by atoms with Crippen molar-refractivity contribution in [1.29, 1.82) is 0 Å². The Labute approximate surface area is 275 Å². The number of amides is 3. The van der Waals surface area contributed by atoms with Crippen molar-refractivity contribution in [3.8, 4) is 0 Å². The lowest BCUT2D eigenvalue weighted by Crippen LogP contribution is -2.52. The largest absolute Gasteiger partial charge is 0.480 e. The van der Waals surface area contributed by atoms with Crippen molar-refractivity contribution in [2.45, 2.75) is 103 Å². The number of methoxy groups -OCH3 is 2. The molecule has 2 unspecified atom stereocenters. The second kappa shape index (κ2) is 20.7. The summed E-state index contributed by atoms with van der Waals surface area (Å²) in [6, 6.07) is -3.47. The molecule has 0 saturated carbocycles. The number of esters is 2. The summed E-state index contributed by atoms with van der Waals surface area (Å²) >= 11 is 0. The summed E-state index contributed by atoms with van der Waals surface area (Å²) < 4.78 is 19.1. The number of nitrogens with zero attached hydrogens (tertiary/aromatic N) is 2. The minimum atomic E-state index is -1.14. The molecular formula is C28H51ClN4O13. The summed E-state index contributed by atoms with van der Waals surface area (Å²) in [7, 11) is 2.39. The van der Waals surface area contributed by atoms with Gasteiger partial charge in [-0.15, -0.1) is 12.4 Å². The average Bonchev–Trinajstić information content (AvgIpc) is 3.64. The Balaban J connectivity index is 0. The van der Waals surface area contributed by atoms with E-state index in [-0.39, 0.29) is 19.0 Å². The van der Waals surface area contributed by atoms with E-state index in [0.29, 0.717) is 32.4 Å². The van der Waals surface area contributed by atoms with Gasteiger partial charge in [0.25, 0.3) is 0 Å². The van der Waals surface area contributed by atoms with E-state index in [0.717, 1.165) is 6.42 Å². The average molecular weight is 687 g/mol. The standard InChI is InChI=1S/C14H24N2O6.C10H17NO4.C4H9NO3.ClH/c1-14(2,3)22-13(20)16-7-5-6-10(16)11(18)15-9(8-17)12(19)21-4;1-10(2,3)15-9(14)11-6-4-5-7(11)8(12)13;1-8-4(7)3(5)2-6;/h9-10,17H,5-8H2,1-4H3,(H,15,18);7H,4-6H2,1-3H3,(H,12,13);3,6H,2,5H2,1H3;1H/t9-,10-;;;/m0.../s1. The summed E-state index contributed by atoms with van der Waals surface area (Å²) in [5.74, 6) is -2.80. The zero-order valence-corrected chi connectivity index (χ0v) is 28.6. The molecule has 0 aromatic carbocycles. The Kier molecular flexibility index (Phi) is 20.1. The van der Waals surface area contributed by atoms with Gasteiger partial charge in [-0.1, -0.05) is 0 Å². The van der Waals surface area contributed by atoms with Crippen LogP contribution in [0.5, 0.6) is 0 Å². The number of likely N-dealkylation sites (tertiary alicyclic amines) is 2. The van der Waals surface area contributed by atoms with E-state index in [1.807, 2.05) is 0 Å². The van der Waals surface area contributed by atoms with Crippen LogP contribution in [0.2, 0.25) is 0 Å². The molecule has 17 nitrogen and oxygen atoms in total. The number of aliphatic hydroxyl groups is 2. The van der Waals surface area contributed by atoms with Crippen LogP contribution in [-0.4, -0.2) is 137 Å². The lowest BCUT2D eigenvalue weighted by atomic mass is 10.2. The van der Waals surface area contributed by atoms with Crippen LogP contribution in [0.3, 0.4) is 0 Å². The topological polar surface area (TPSA) is 245 Å². The van der Waals surface area contributed by atoms with Crippen molar-refractivity contribution >= 4 is 48.4 Å². The zero-order valence-electron chi connectivity index (χ0n) is 27.8. The number of nitrogens with two attached hydrogens (primary N) is 1. The molecule has 2 aliphatic heterocycles. The van der Waals surface area contributed by atoms with Crippen LogP contribution in [0, 0.1) is 0 Å². The van der Waals surface area contributed by atoms with Gasteiger partial charge < -0.3 is 45.3 Å². The number of carbonyl (C=O) groups excluding carboxylic acids is 5. The molecule has 2 aliphatic rings. The Morgan fingerprint density at radius 2 is 1.20 bits per heavy atom. The molecule has 2 heterocycles. The van der Waals surface area contributed by atoms with Crippen molar-refractivity contribution in [3.05, 3.63) is 0 Å². The number of aliphatic carboxylic acids is 1. The fraction of sp³-hybridized carbons (Fsp3) is 0.786. The van der Waals surface area contributed by atoms with Gasteiger partial charge in [-0.05, 0) is 67.2 Å². The third kappa shape index (κ3) is 16.2. The number of carboxylic acids is 1. The first-order valence-corrected chi connectivity index (χ1v) is 14.4. The number of hydrogen-bond acceptors (Lipinski definition) is 13. The molecule has 0 aromatic rings. The molecule has 3 amide bonds. The van der Waals surface area contributed by atoms with Crippen molar-refractivity contribution in [2.24, 2.45) is 5.73 Å². The fourth-order valence-corrected chi connectivity index (χ4v) is 3.96. The number of rotatable bonds is 7. The number of nitrogens with one attached hydrogen (secondary N) is 1. The Hall–Kier alpha value is -3.41. The maximum absolute atomic E-state index is 12.2. The summed E-state index contributed by atoms with van der Waals surface area (Å²) in [6.45, 7) is 10.5. The Morgan fingerprint density at radius 1 is 0.783 bits per heavy atom. The van der Waals surface area contributed by atoms with Crippen molar-refractivity contribution in [1.82, 2.24) is 15.1 Å². The smallest absolute Gasteiger partial charge is 0.411 e. The molecule has 2 rings (SSSR count). The van der Waals surface area contributed by atoms with Gasteiger partial charge in [-0.3, -0.25) is 19.4 Å². The van der Waals surface area contributed by atoms with Gasteiger partial charge in [0, 0.05) is 13.1 Å². The predicted molar refractivity (Wildman–Crippen MR) is 165 cm³/mol. The number of hydrogen-bond donors (Lipinski definition) is 5. The van der Waals surface area contributed by atoms with Crippen LogP contribution in [0.25, 0.3) is 0 Å². The molecule has 4 atom stereocenters. The van der Waals surface area contributed by atoms with E-state index in [2.05, 4.69) is 14.8 Å². The zero-order chi connectivity index (χ0) is 35.1. The first-order chi connectivity index (χ1) is 20.7. The SMILES string of the molecule is CC(C)(C)OC(=O)N1CCCC1C(=O)O.COC(=O)C(N)CO.COC(=O)[C@H](CO)NC(=O)[C@@H]1CCCN1C(=O)OC(C)(C)C.Cl. The highest BCUT2D eigenvalue weighted by atomic mass is 35.5. The van der Waals surface area contributed by atoms with Gasteiger partial charge in [0.2, 0.25) is 5.91 Å². The molecule has 6 N–H and O–H groups in total. The maximum Gasteiger partial charge on any atom is 0.411 e. The van der Waals surface area contributed by atoms with E-state index in [4.69, 9.17) is 30.5 Å². The van der Waals surface area contributed by atoms with Gasteiger partial charge in [0.1, 0.15) is 29.3 Å². The Morgan fingerprint density at radius 3 is 1.52 bits per heavy atom.